The molecule has 38 heavy (non-hydrogen) atoms. The van der Waals surface area contributed by atoms with Crippen molar-refractivity contribution in [1.29, 1.82) is 0 Å². The number of nitrogens with zero attached hydrogens (tertiary/aromatic N) is 5. The summed E-state index contributed by atoms with van der Waals surface area (Å²) in [4.78, 5) is 22.9. The molecule has 4 aromatic rings. The minimum Gasteiger partial charge on any atom is -0.393 e. The van der Waals surface area contributed by atoms with Crippen molar-refractivity contribution < 1.29 is 19.0 Å². The van der Waals surface area contributed by atoms with Crippen LogP contribution in [0.1, 0.15) is 30.1 Å². The van der Waals surface area contributed by atoms with Gasteiger partial charge in [0, 0.05) is 39.4 Å². The number of hydrogen-bond acceptors (Lipinski definition) is 6. The van der Waals surface area contributed by atoms with Gasteiger partial charge in [0.25, 0.3) is 5.91 Å². The van der Waals surface area contributed by atoms with Gasteiger partial charge in [0.2, 0.25) is 0 Å². The topological polar surface area (TPSA) is 107 Å². The predicted molar refractivity (Wildman–Crippen MR) is 147 cm³/mol. The molecule has 0 bridgehead atoms. The van der Waals surface area contributed by atoms with Crippen LogP contribution in [0.2, 0.25) is 25.7 Å². The van der Waals surface area contributed by atoms with Crippen molar-refractivity contribution in [2.24, 2.45) is 13.0 Å². The molecule has 1 unspecified atom stereocenters. The van der Waals surface area contributed by atoms with Crippen LogP contribution in [-0.2, 0) is 18.5 Å². The molecule has 2 N–H and O–H groups in total. The Morgan fingerprint density at radius 3 is 2.79 bits per heavy atom. The van der Waals surface area contributed by atoms with Crippen molar-refractivity contribution in [3.63, 3.8) is 0 Å². The van der Waals surface area contributed by atoms with Gasteiger partial charge in [-0.2, -0.15) is 5.10 Å². The minimum atomic E-state index is -1.24. The van der Waals surface area contributed by atoms with E-state index in [-0.39, 0.29) is 36.5 Å². The van der Waals surface area contributed by atoms with Crippen LogP contribution in [-0.4, -0.2) is 62.2 Å². The molecule has 1 saturated carbocycles. The lowest BCUT2D eigenvalue weighted by atomic mass is 9.78. The Labute approximate surface area is 222 Å². The van der Waals surface area contributed by atoms with Crippen LogP contribution in [0.4, 0.5) is 4.39 Å². The van der Waals surface area contributed by atoms with E-state index in [4.69, 9.17) is 9.72 Å². The molecule has 1 amide bonds. The highest BCUT2D eigenvalue weighted by molar-refractivity contribution is 6.76. The van der Waals surface area contributed by atoms with E-state index in [0.717, 1.165) is 11.4 Å². The van der Waals surface area contributed by atoms with Gasteiger partial charge in [0.15, 0.2) is 5.65 Å². The van der Waals surface area contributed by atoms with Crippen LogP contribution >= 0.6 is 0 Å². The standard InChI is InChI=1S/C27H35FN6O3Si/c1-16(17-10-19(35)11-17)30-27(36)21-14-34(15-37-8-9-38(3,4)5)26-25(21)31-22(13-29-26)24-20-7-6-18(28)12-23(20)33(2)32-24/h6-7,12-14,16-17,19,35H,8-11,15H2,1-5H3,(H,30,36)/t16?,17-,19+. The van der Waals surface area contributed by atoms with Gasteiger partial charge in [-0.05, 0) is 49.9 Å². The number of aliphatic hydroxyl groups excluding tert-OH is 1. The maximum absolute atomic E-state index is 13.8. The number of aliphatic hydroxyl groups is 1. The van der Waals surface area contributed by atoms with Crippen LogP contribution in [0.25, 0.3) is 33.5 Å². The lowest BCUT2D eigenvalue weighted by Gasteiger charge is -2.36. The molecular weight excluding hydrogens is 503 g/mol. The summed E-state index contributed by atoms with van der Waals surface area (Å²) in [6.45, 7) is 9.76. The van der Waals surface area contributed by atoms with Crippen LogP contribution in [0.5, 0.6) is 0 Å². The summed E-state index contributed by atoms with van der Waals surface area (Å²) in [7, 11) is 0.513. The van der Waals surface area contributed by atoms with E-state index < -0.39 is 8.07 Å². The zero-order valence-electron chi connectivity index (χ0n) is 22.5. The number of benzene rings is 1. The molecule has 9 nitrogen and oxygen atoms in total. The first-order valence-electron chi connectivity index (χ1n) is 13.1. The summed E-state index contributed by atoms with van der Waals surface area (Å²) < 4.78 is 23.2. The Bertz CT molecular complexity index is 1490. The number of aromatic nitrogens is 5. The van der Waals surface area contributed by atoms with Gasteiger partial charge in [-0.1, -0.05) is 19.6 Å². The Hall–Kier alpha value is -3.15. The zero-order valence-corrected chi connectivity index (χ0v) is 23.5. The molecule has 1 aliphatic carbocycles. The van der Waals surface area contributed by atoms with E-state index in [0.29, 0.717) is 53.1 Å². The minimum absolute atomic E-state index is 0.0805. The van der Waals surface area contributed by atoms with E-state index in [9.17, 15) is 14.3 Å². The molecule has 1 aromatic carbocycles. The van der Waals surface area contributed by atoms with E-state index >= 15 is 0 Å². The molecule has 11 heteroatoms. The molecule has 1 aliphatic rings. The average Bonchev–Trinajstić information content (AvgIpc) is 3.36. The molecule has 0 saturated heterocycles. The van der Waals surface area contributed by atoms with Crippen LogP contribution in [0.15, 0.2) is 30.6 Å². The van der Waals surface area contributed by atoms with E-state index in [1.807, 2.05) is 11.5 Å². The second-order valence-corrected chi connectivity index (χ2v) is 17.2. The third kappa shape index (κ3) is 5.36. The second-order valence-electron chi connectivity index (χ2n) is 11.6. The lowest BCUT2D eigenvalue weighted by Crippen LogP contribution is -2.45. The van der Waals surface area contributed by atoms with E-state index in [2.05, 4.69) is 35.0 Å². The number of aryl methyl sites for hydroxylation is 1. The molecule has 0 radical (unpaired) electrons. The Kier molecular flexibility index (Phi) is 7.10. The summed E-state index contributed by atoms with van der Waals surface area (Å²) in [6.07, 6.45) is 4.46. The monoisotopic (exact) mass is 538 g/mol. The highest BCUT2D eigenvalue weighted by Crippen LogP contribution is 2.31. The van der Waals surface area contributed by atoms with Gasteiger partial charge in [-0.3, -0.25) is 9.48 Å². The van der Waals surface area contributed by atoms with Crippen LogP contribution < -0.4 is 5.32 Å². The SMILES string of the molecule is CC(NC(=O)c1cn(COCC[Si](C)(C)C)c2ncc(-c3nn(C)c4cc(F)ccc34)nc12)[C@H]1C[C@@H](O)C1. The molecule has 3 aromatic heterocycles. The first-order valence-corrected chi connectivity index (χ1v) is 16.8. The fourth-order valence-corrected chi connectivity index (χ4v) is 5.59. The third-order valence-corrected chi connectivity index (χ3v) is 9.01. The van der Waals surface area contributed by atoms with Gasteiger partial charge in [0.1, 0.15) is 29.5 Å². The first-order chi connectivity index (χ1) is 18.0. The van der Waals surface area contributed by atoms with Gasteiger partial charge < -0.3 is 19.7 Å². The molecule has 5 rings (SSSR count). The Balaban J connectivity index is 1.50. The summed E-state index contributed by atoms with van der Waals surface area (Å²) in [5.41, 5.74) is 3.11. The van der Waals surface area contributed by atoms with Crippen molar-refractivity contribution in [1.82, 2.24) is 29.6 Å². The van der Waals surface area contributed by atoms with Crippen molar-refractivity contribution in [2.45, 2.75) is 64.3 Å². The van der Waals surface area contributed by atoms with Crippen LogP contribution in [0, 0.1) is 11.7 Å². The average molecular weight is 539 g/mol. The summed E-state index contributed by atoms with van der Waals surface area (Å²) in [5, 5.41) is 18.1. The van der Waals surface area contributed by atoms with Crippen molar-refractivity contribution in [3.8, 4) is 11.4 Å². The van der Waals surface area contributed by atoms with E-state index in [1.165, 1.54) is 12.1 Å². The molecule has 0 aliphatic heterocycles. The quantitative estimate of drug-likeness (QED) is 0.243. The summed E-state index contributed by atoms with van der Waals surface area (Å²) >= 11 is 0. The number of hydrogen-bond donors (Lipinski definition) is 2. The van der Waals surface area contributed by atoms with Gasteiger partial charge in [0.05, 0.1) is 23.4 Å². The number of halogens is 1. The number of carbonyl (C=O) groups is 1. The highest BCUT2D eigenvalue weighted by atomic mass is 28.3. The number of amides is 1. The highest BCUT2D eigenvalue weighted by Gasteiger charge is 2.33. The summed E-state index contributed by atoms with van der Waals surface area (Å²) in [6, 6.07) is 5.46. The van der Waals surface area contributed by atoms with Gasteiger partial charge >= 0.3 is 0 Å². The van der Waals surface area contributed by atoms with Gasteiger partial charge in [-0.15, -0.1) is 0 Å². The largest absolute Gasteiger partial charge is 0.393 e. The number of ether oxygens (including phenoxy) is 1. The van der Waals surface area contributed by atoms with Crippen molar-refractivity contribution in [3.05, 3.63) is 42.0 Å². The van der Waals surface area contributed by atoms with Gasteiger partial charge in [-0.25, -0.2) is 14.4 Å². The number of rotatable bonds is 9. The number of fused-ring (bicyclic) bond motifs is 2. The summed E-state index contributed by atoms with van der Waals surface area (Å²) in [5.74, 6) is -0.342. The second kappa shape index (κ2) is 10.2. The number of nitrogens with one attached hydrogen (secondary N) is 1. The molecular formula is C27H35FN6O3Si. The fourth-order valence-electron chi connectivity index (χ4n) is 4.83. The third-order valence-electron chi connectivity index (χ3n) is 7.31. The molecule has 3 heterocycles. The Morgan fingerprint density at radius 1 is 1.32 bits per heavy atom. The van der Waals surface area contributed by atoms with E-state index in [1.54, 1.807) is 30.2 Å². The normalized spacial score (nSPS) is 18.6. The molecule has 1 atom stereocenters. The zero-order chi connectivity index (χ0) is 27.2. The Morgan fingerprint density at radius 2 is 2.08 bits per heavy atom. The fraction of sp³-hybridized carbons (Fsp3) is 0.481. The molecule has 0 spiro atoms. The predicted octanol–water partition coefficient (Wildman–Crippen LogP) is 4.33. The van der Waals surface area contributed by atoms with Crippen molar-refractivity contribution in [2.75, 3.05) is 6.61 Å². The maximum Gasteiger partial charge on any atom is 0.255 e. The van der Waals surface area contributed by atoms with Crippen LogP contribution in [0.3, 0.4) is 0 Å². The molecule has 202 valence electrons. The smallest absolute Gasteiger partial charge is 0.255 e. The lowest BCUT2D eigenvalue weighted by molar-refractivity contribution is 0.0269. The molecule has 1 fully saturated rings. The number of carbonyl (C=O) groups excluding carboxylic acids is 1. The van der Waals surface area contributed by atoms with Crippen molar-refractivity contribution >= 4 is 36.0 Å². The first kappa shape index (κ1) is 26.5. The maximum atomic E-state index is 13.8.